The maximum Gasteiger partial charge on any atom is 0.417 e. The molecule has 0 aliphatic rings. The summed E-state index contributed by atoms with van der Waals surface area (Å²) >= 11 is 3.38. The van der Waals surface area contributed by atoms with Crippen molar-refractivity contribution in [3.63, 3.8) is 0 Å². The molecule has 0 aliphatic carbocycles. The van der Waals surface area contributed by atoms with Gasteiger partial charge in [-0.3, -0.25) is 0 Å². The topological polar surface area (TPSA) is 41.5 Å². The van der Waals surface area contributed by atoms with Gasteiger partial charge in [0.15, 0.2) is 6.10 Å². The molecule has 0 heterocycles. The van der Waals surface area contributed by atoms with Crippen LogP contribution in [0.2, 0.25) is 0 Å². The normalized spacial score (nSPS) is 13.5. The van der Waals surface area contributed by atoms with Crippen molar-refractivity contribution < 1.29 is 23.0 Å². The molecule has 0 fully saturated rings. The molecule has 0 bridgehead atoms. The van der Waals surface area contributed by atoms with E-state index in [9.17, 15) is 13.2 Å². The van der Waals surface area contributed by atoms with Gasteiger partial charge in [-0.05, 0) is 36.2 Å². The first-order valence-corrected chi connectivity index (χ1v) is 7.36. The molecule has 0 spiro atoms. The average Bonchev–Trinajstić information content (AvgIpc) is 2.37. The summed E-state index contributed by atoms with van der Waals surface area (Å²) in [6.07, 6.45) is -7.15. The van der Waals surface area contributed by atoms with Crippen molar-refractivity contribution in [3.05, 3.63) is 28.2 Å². The second-order valence-corrected chi connectivity index (χ2v) is 6.00. The fourth-order valence-electron chi connectivity index (χ4n) is 1.54. The van der Waals surface area contributed by atoms with Gasteiger partial charge in [-0.1, -0.05) is 29.8 Å². The first-order chi connectivity index (χ1) is 9.70. The molecule has 2 N–H and O–H groups in total. The Balaban J connectivity index is 2.60. The number of halogens is 4. The van der Waals surface area contributed by atoms with E-state index >= 15 is 0 Å². The van der Waals surface area contributed by atoms with Crippen LogP contribution in [0.4, 0.5) is 13.2 Å². The molecule has 21 heavy (non-hydrogen) atoms. The van der Waals surface area contributed by atoms with Crippen LogP contribution < -0.4 is 10.1 Å². The number of ether oxygens (including phenoxy) is 1. The molecule has 1 aromatic carbocycles. The van der Waals surface area contributed by atoms with Crippen LogP contribution in [-0.4, -0.2) is 30.5 Å². The van der Waals surface area contributed by atoms with E-state index in [4.69, 9.17) is 9.84 Å². The largest absolute Gasteiger partial charge is 0.491 e. The zero-order chi connectivity index (χ0) is 16.0. The molecule has 0 aliphatic heterocycles. The summed E-state index contributed by atoms with van der Waals surface area (Å²) in [6, 6.07) is 4.92. The van der Waals surface area contributed by atoms with Crippen LogP contribution in [0.15, 0.2) is 22.7 Å². The van der Waals surface area contributed by atoms with E-state index in [1.807, 2.05) is 0 Å². The Morgan fingerprint density at radius 3 is 2.57 bits per heavy atom. The van der Waals surface area contributed by atoms with Crippen molar-refractivity contribution in [3.8, 4) is 5.75 Å². The fraction of sp³-hybridized carbons (Fsp3) is 0.571. The molecule has 120 valence electrons. The molecule has 1 atom stereocenters. The predicted molar refractivity (Wildman–Crippen MR) is 78.2 cm³/mol. The van der Waals surface area contributed by atoms with E-state index < -0.39 is 18.9 Å². The third kappa shape index (κ3) is 6.67. The van der Waals surface area contributed by atoms with Crippen molar-refractivity contribution in [2.24, 2.45) is 5.92 Å². The van der Waals surface area contributed by atoms with Gasteiger partial charge in [-0.2, -0.15) is 13.2 Å². The monoisotopic (exact) mass is 369 g/mol. The molecule has 0 amide bonds. The minimum Gasteiger partial charge on any atom is -0.491 e. The number of rotatable bonds is 7. The predicted octanol–water partition coefficient (Wildman–Crippen LogP) is 3.50. The van der Waals surface area contributed by atoms with Gasteiger partial charge < -0.3 is 15.2 Å². The van der Waals surface area contributed by atoms with Gasteiger partial charge in [-0.25, -0.2) is 0 Å². The number of alkyl halides is 3. The lowest BCUT2D eigenvalue weighted by Gasteiger charge is -2.16. The Kier molecular flexibility index (Phi) is 6.96. The number of nitrogens with one attached hydrogen (secondary N) is 1. The van der Waals surface area contributed by atoms with Gasteiger partial charge in [0.2, 0.25) is 0 Å². The molecular weight excluding hydrogens is 351 g/mol. The van der Waals surface area contributed by atoms with Crippen LogP contribution in [0.5, 0.6) is 5.75 Å². The van der Waals surface area contributed by atoms with Gasteiger partial charge in [0.1, 0.15) is 12.4 Å². The summed E-state index contributed by atoms with van der Waals surface area (Å²) in [5.74, 6) is 0.799. The molecule has 1 unspecified atom stereocenters. The molecule has 0 radical (unpaired) electrons. The third-order valence-electron chi connectivity index (χ3n) is 2.67. The zero-order valence-corrected chi connectivity index (χ0v) is 13.5. The maximum absolute atomic E-state index is 12.2. The fourth-order valence-corrected chi connectivity index (χ4v) is 1.93. The Morgan fingerprint density at radius 2 is 2.00 bits per heavy atom. The summed E-state index contributed by atoms with van der Waals surface area (Å²) in [6.45, 7) is 4.77. The quantitative estimate of drug-likeness (QED) is 0.772. The van der Waals surface area contributed by atoms with Gasteiger partial charge in [0.05, 0.1) is 0 Å². The van der Waals surface area contributed by atoms with Crippen LogP contribution in [0.3, 0.4) is 0 Å². The minimum atomic E-state index is -4.67. The van der Waals surface area contributed by atoms with Crippen molar-refractivity contribution in [2.75, 3.05) is 13.2 Å². The van der Waals surface area contributed by atoms with Crippen molar-refractivity contribution >= 4 is 15.9 Å². The van der Waals surface area contributed by atoms with E-state index in [2.05, 4.69) is 35.1 Å². The van der Waals surface area contributed by atoms with E-state index in [1.165, 1.54) is 0 Å². The summed E-state index contributed by atoms with van der Waals surface area (Å²) in [7, 11) is 0. The molecule has 1 rings (SSSR count). The molecule has 7 heteroatoms. The van der Waals surface area contributed by atoms with Gasteiger partial charge in [-0.15, -0.1) is 0 Å². The maximum atomic E-state index is 12.2. The van der Waals surface area contributed by atoms with Crippen LogP contribution in [-0.2, 0) is 6.54 Å². The van der Waals surface area contributed by atoms with Gasteiger partial charge >= 0.3 is 6.18 Å². The zero-order valence-electron chi connectivity index (χ0n) is 11.9. The Labute approximate surface area is 130 Å². The highest BCUT2D eigenvalue weighted by Gasteiger charge is 2.38. The van der Waals surface area contributed by atoms with Crippen LogP contribution >= 0.6 is 15.9 Å². The lowest BCUT2D eigenvalue weighted by atomic mass is 10.2. The number of aliphatic hydroxyl groups excluding tert-OH is 1. The smallest absolute Gasteiger partial charge is 0.417 e. The molecule has 0 saturated heterocycles. The summed E-state index contributed by atoms with van der Waals surface area (Å²) < 4.78 is 42.4. The van der Waals surface area contributed by atoms with E-state index in [-0.39, 0.29) is 0 Å². The van der Waals surface area contributed by atoms with Gasteiger partial charge in [0, 0.05) is 11.0 Å². The highest BCUT2D eigenvalue weighted by molar-refractivity contribution is 9.10. The number of aliphatic hydroxyl groups is 1. The van der Waals surface area contributed by atoms with Crippen molar-refractivity contribution in [1.29, 1.82) is 0 Å². The Hall–Kier alpha value is -0.790. The van der Waals surface area contributed by atoms with Crippen LogP contribution in [0, 0.1) is 5.92 Å². The van der Waals surface area contributed by atoms with Crippen LogP contribution in [0.1, 0.15) is 19.4 Å². The Bertz CT molecular complexity index is 452. The van der Waals surface area contributed by atoms with E-state index in [0.29, 0.717) is 18.2 Å². The molecule has 0 saturated carbocycles. The SMILES string of the molecule is CC(C)CNCc1cc(OCC(O)C(F)(F)F)ccc1Br. The first kappa shape index (κ1) is 18.3. The lowest BCUT2D eigenvalue weighted by molar-refractivity contribution is -0.210. The Morgan fingerprint density at radius 1 is 1.33 bits per heavy atom. The van der Waals surface area contributed by atoms with E-state index in [1.54, 1.807) is 18.2 Å². The first-order valence-electron chi connectivity index (χ1n) is 6.57. The highest BCUT2D eigenvalue weighted by atomic mass is 79.9. The molecule has 1 aromatic rings. The van der Waals surface area contributed by atoms with E-state index in [0.717, 1.165) is 16.6 Å². The average molecular weight is 370 g/mol. The van der Waals surface area contributed by atoms with Crippen molar-refractivity contribution in [1.82, 2.24) is 5.32 Å². The molecule has 0 aromatic heterocycles. The number of benzene rings is 1. The third-order valence-corrected chi connectivity index (χ3v) is 3.44. The second kappa shape index (κ2) is 8.00. The number of hydrogen-bond donors (Lipinski definition) is 2. The second-order valence-electron chi connectivity index (χ2n) is 5.15. The van der Waals surface area contributed by atoms with Gasteiger partial charge in [0.25, 0.3) is 0 Å². The molecular formula is C14H19BrF3NO2. The lowest BCUT2D eigenvalue weighted by Crippen LogP contribution is -2.34. The highest BCUT2D eigenvalue weighted by Crippen LogP contribution is 2.24. The standard InChI is InChI=1S/C14H19BrF3NO2/c1-9(2)6-19-7-10-5-11(3-4-12(10)15)21-8-13(20)14(16,17)18/h3-5,9,13,19-20H,6-8H2,1-2H3. The summed E-state index contributed by atoms with van der Waals surface area (Å²) in [5.41, 5.74) is 0.884. The number of hydrogen-bond acceptors (Lipinski definition) is 3. The van der Waals surface area contributed by atoms with Crippen LogP contribution in [0.25, 0.3) is 0 Å². The van der Waals surface area contributed by atoms with Crippen molar-refractivity contribution in [2.45, 2.75) is 32.7 Å². The summed E-state index contributed by atoms with van der Waals surface area (Å²) in [5, 5.41) is 12.1. The minimum absolute atomic E-state index is 0.294. The summed E-state index contributed by atoms with van der Waals surface area (Å²) in [4.78, 5) is 0. The molecule has 3 nitrogen and oxygen atoms in total.